The molecular weight excluding hydrogens is 285 g/mol. The van der Waals surface area contributed by atoms with Crippen LogP contribution < -0.4 is 4.90 Å². The lowest BCUT2D eigenvalue weighted by Crippen LogP contribution is -2.31. The number of carbonyl (C=O) groups excluding carboxylic acids is 2. The van der Waals surface area contributed by atoms with Crippen LogP contribution in [0.25, 0.3) is 0 Å². The summed E-state index contributed by atoms with van der Waals surface area (Å²) in [5, 5.41) is 0. The lowest BCUT2D eigenvalue weighted by Gasteiger charge is -2.22. The fourth-order valence-electron chi connectivity index (χ4n) is 2.16. The Kier molecular flexibility index (Phi) is 4.88. The highest BCUT2D eigenvalue weighted by molar-refractivity contribution is 6.06. The molecule has 0 N–H and O–H groups in total. The molecule has 0 spiro atoms. The van der Waals surface area contributed by atoms with Crippen molar-refractivity contribution in [3.05, 3.63) is 65.5 Å². The van der Waals surface area contributed by atoms with E-state index in [4.69, 9.17) is 0 Å². The van der Waals surface area contributed by atoms with Crippen LogP contribution in [0.15, 0.2) is 48.5 Å². The molecular formula is C17H16FNO3. The number of hydrogen-bond acceptors (Lipinski definition) is 3. The van der Waals surface area contributed by atoms with Crippen LogP contribution in [-0.4, -0.2) is 25.5 Å². The molecule has 0 heterocycles. The number of rotatable bonds is 4. The van der Waals surface area contributed by atoms with E-state index in [0.717, 1.165) is 0 Å². The maximum absolute atomic E-state index is 14.5. The molecule has 0 aliphatic heterocycles. The fourth-order valence-corrected chi connectivity index (χ4v) is 2.16. The zero-order valence-electron chi connectivity index (χ0n) is 12.4. The van der Waals surface area contributed by atoms with E-state index in [2.05, 4.69) is 4.74 Å². The molecule has 1 amide bonds. The molecule has 5 heteroatoms. The van der Waals surface area contributed by atoms with Gasteiger partial charge in [0.15, 0.2) is 5.82 Å². The molecule has 0 saturated heterocycles. The van der Waals surface area contributed by atoms with Crippen molar-refractivity contribution in [3.63, 3.8) is 0 Å². The standard InChI is InChI=1S/C17H16FNO3/c1-3-19(16(20)12-8-5-4-6-9-12)14-11-7-10-13(15(14)18)17(21)22-2/h4-11H,3H2,1-2H3. The smallest absolute Gasteiger partial charge is 0.340 e. The predicted octanol–water partition coefficient (Wildman–Crippen LogP) is 3.28. The first-order valence-electron chi connectivity index (χ1n) is 6.83. The number of carbonyl (C=O) groups is 2. The lowest BCUT2D eigenvalue weighted by atomic mass is 10.1. The van der Waals surface area contributed by atoms with Crippen LogP contribution >= 0.6 is 0 Å². The number of hydrogen-bond donors (Lipinski definition) is 0. The summed E-state index contributed by atoms with van der Waals surface area (Å²) >= 11 is 0. The van der Waals surface area contributed by atoms with Crippen LogP contribution in [0.5, 0.6) is 0 Å². The van der Waals surface area contributed by atoms with E-state index in [-0.39, 0.29) is 23.7 Å². The third kappa shape index (κ3) is 2.98. The molecule has 22 heavy (non-hydrogen) atoms. The van der Waals surface area contributed by atoms with Gasteiger partial charge in [-0.3, -0.25) is 4.79 Å². The summed E-state index contributed by atoms with van der Waals surface area (Å²) in [5.41, 5.74) is 0.311. The minimum Gasteiger partial charge on any atom is -0.465 e. The first kappa shape index (κ1) is 15.7. The molecule has 0 unspecified atom stereocenters. The number of benzene rings is 2. The van der Waals surface area contributed by atoms with E-state index in [9.17, 15) is 14.0 Å². The lowest BCUT2D eigenvalue weighted by molar-refractivity contribution is 0.0595. The van der Waals surface area contributed by atoms with Gasteiger partial charge < -0.3 is 9.64 Å². The zero-order valence-corrected chi connectivity index (χ0v) is 12.4. The van der Waals surface area contributed by atoms with Gasteiger partial charge in [0.2, 0.25) is 0 Å². The fraction of sp³-hybridized carbons (Fsp3) is 0.176. The second-order valence-corrected chi connectivity index (χ2v) is 4.55. The van der Waals surface area contributed by atoms with Gasteiger partial charge in [0.25, 0.3) is 5.91 Å². The third-order valence-corrected chi connectivity index (χ3v) is 3.26. The van der Waals surface area contributed by atoms with Crippen molar-refractivity contribution in [2.45, 2.75) is 6.92 Å². The van der Waals surface area contributed by atoms with Crippen LogP contribution in [-0.2, 0) is 4.74 Å². The summed E-state index contributed by atoms with van der Waals surface area (Å²) in [5.74, 6) is -1.87. The summed E-state index contributed by atoms with van der Waals surface area (Å²) < 4.78 is 19.1. The van der Waals surface area contributed by atoms with E-state index < -0.39 is 11.8 Å². The summed E-state index contributed by atoms with van der Waals surface area (Å²) in [6, 6.07) is 12.9. The molecule has 0 atom stereocenters. The first-order chi connectivity index (χ1) is 10.6. The van der Waals surface area contributed by atoms with Crippen LogP contribution in [0.4, 0.5) is 10.1 Å². The average Bonchev–Trinajstić information content (AvgIpc) is 2.57. The second-order valence-electron chi connectivity index (χ2n) is 4.55. The van der Waals surface area contributed by atoms with Crippen molar-refractivity contribution in [2.75, 3.05) is 18.6 Å². The first-order valence-corrected chi connectivity index (χ1v) is 6.83. The number of ether oxygens (including phenoxy) is 1. The Morgan fingerprint density at radius 1 is 1.09 bits per heavy atom. The molecule has 0 aromatic heterocycles. The average molecular weight is 301 g/mol. The highest BCUT2D eigenvalue weighted by Gasteiger charge is 2.23. The van der Waals surface area contributed by atoms with Crippen LogP contribution in [0.3, 0.4) is 0 Å². The number of nitrogens with zero attached hydrogens (tertiary/aromatic N) is 1. The SMILES string of the molecule is CCN(C(=O)c1ccccc1)c1cccc(C(=O)OC)c1F. The van der Waals surface area contributed by atoms with Gasteiger partial charge in [-0.05, 0) is 31.2 Å². The second kappa shape index (κ2) is 6.85. The maximum Gasteiger partial charge on any atom is 0.340 e. The highest BCUT2D eigenvalue weighted by Crippen LogP contribution is 2.24. The Morgan fingerprint density at radius 2 is 1.77 bits per heavy atom. The molecule has 0 aliphatic rings. The minimum absolute atomic E-state index is 0.0549. The van der Waals surface area contributed by atoms with E-state index in [1.54, 1.807) is 37.3 Å². The number of methoxy groups -OCH3 is 1. The van der Waals surface area contributed by atoms with Crippen molar-refractivity contribution < 1.29 is 18.7 Å². The Balaban J connectivity index is 2.44. The van der Waals surface area contributed by atoms with Gasteiger partial charge in [0.05, 0.1) is 18.4 Å². The van der Waals surface area contributed by atoms with Gasteiger partial charge in [-0.1, -0.05) is 24.3 Å². The van der Waals surface area contributed by atoms with E-state index in [1.807, 2.05) is 0 Å². The van der Waals surface area contributed by atoms with Crippen LogP contribution in [0, 0.1) is 5.82 Å². The number of amides is 1. The highest BCUT2D eigenvalue weighted by atomic mass is 19.1. The van der Waals surface area contributed by atoms with Crippen molar-refractivity contribution >= 4 is 17.6 Å². The van der Waals surface area contributed by atoms with Crippen molar-refractivity contribution in [3.8, 4) is 0 Å². The molecule has 2 aromatic carbocycles. The Hall–Kier alpha value is -2.69. The number of anilines is 1. The molecule has 0 saturated carbocycles. The van der Waals surface area contributed by atoms with Gasteiger partial charge in [0.1, 0.15) is 0 Å². The molecule has 114 valence electrons. The monoisotopic (exact) mass is 301 g/mol. The topological polar surface area (TPSA) is 46.6 Å². The normalized spacial score (nSPS) is 10.1. The summed E-state index contributed by atoms with van der Waals surface area (Å²) in [6.07, 6.45) is 0. The Bertz CT molecular complexity index is 686. The molecule has 4 nitrogen and oxygen atoms in total. The van der Waals surface area contributed by atoms with E-state index in [1.165, 1.54) is 30.2 Å². The van der Waals surface area contributed by atoms with Crippen molar-refractivity contribution in [1.82, 2.24) is 0 Å². The molecule has 0 aliphatic carbocycles. The van der Waals surface area contributed by atoms with Gasteiger partial charge >= 0.3 is 5.97 Å². The Labute approximate surface area is 128 Å². The molecule has 0 bridgehead atoms. The number of halogens is 1. The summed E-state index contributed by atoms with van der Waals surface area (Å²) in [7, 11) is 1.18. The summed E-state index contributed by atoms with van der Waals surface area (Å²) in [6.45, 7) is 2.01. The molecule has 0 radical (unpaired) electrons. The number of esters is 1. The van der Waals surface area contributed by atoms with Crippen molar-refractivity contribution in [1.29, 1.82) is 0 Å². The molecule has 2 aromatic rings. The Morgan fingerprint density at radius 3 is 2.36 bits per heavy atom. The largest absolute Gasteiger partial charge is 0.465 e. The van der Waals surface area contributed by atoms with Gasteiger partial charge in [-0.25, -0.2) is 9.18 Å². The van der Waals surface area contributed by atoms with Crippen molar-refractivity contribution in [2.24, 2.45) is 0 Å². The van der Waals surface area contributed by atoms with Gasteiger partial charge in [-0.15, -0.1) is 0 Å². The van der Waals surface area contributed by atoms with E-state index >= 15 is 0 Å². The predicted molar refractivity (Wildman–Crippen MR) is 81.5 cm³/mol. The summed E-state index contributed by atoms with van der Waals surface area (Å²) in [4.78, 5) is 25.4. The third-order valence-electron chi connectivity index (χ3n) is 3.26. The van der Waals surface area contributed by atoms with Gasteiger partial charge in [-0.2, -0.15) is 0 Å². The zero-order chi connectivity index (χ0) is 16.1. The maximum atomic E-state index is 14.5. The quantitative estimate of drug-likeness (QED) is 0.814. The van der Waals surface area contributed by atoms with Gasteiger partial charge in [0, 0.05) is 12.1 Å². The molecule has 0 fully saturated rings. The van der Waals surface area contributed by atoms with E-state index in [0.29, 0.717) is 5.56 Å². The van der Waals surface area contributed by atoms with Crippen LogP contribution in [0.2, 0.25) is 0 Å². The molecule has 2 rings (SSSR count). The minimum atomic E-state index is -0.775. The van der Waals surface area contributed by atoms with Crippen LogP contribution in [0.1, 0.15) is 27.6 Å².